The molecule has 0 aliphatic carbocycles. The zero-order valence-electron chi connectivity index (χ0n) is 8.89. The van der Waals surface area contributed by atoms with Gasteiger partial charge in [-0.05, 0) is 23.7 Å². The molecule has 0 saturated heterocycles. The highest BCUT2D eigenvalue weighted by Crippen LogP contribution is 2.35. The van der Waals surface area contributed by atoms with Gasteiger partial charge >= 0.3 is 0 Å². The molecular formula is C11H6Cl2N4S. The van der Waals surface area contributed by atoms with Gasteiger partial charge in [-0.2, -0.15) is 10.1 Å². The van der Waals surface area contributed by atoms with Gasteiger partial charge in [-0.15, -0.1) is 0 Å². The Hall–Kier alpha value is -1.30. The van der Waals surface area contributed by atoms with Gasteiger partial charge in [-0.3, -0.25) is 5.10 Å². The molecule has 7 heteroatoms. The van der Waals surface area contributed by atoms with Crippen LogP contribution < -0.4 is 0 Å². The highest BCUT2D eigenvalue weighted by Gasteiger charge is 2.11. The predicted molar refractivity (Wildman–Crippen MR) is 72.3 cm³/mol. The van der Waals surface area contributed by atoms with Gasteiger partial charge in [0.05, 0.1) is 16.6 Å². The van der Waals surface area contributed by atoms with Crippen molar-refractivity contribution in [2.24, 2.45) is 0 Å². The molecule has 90 valence electrons. The van der Waals surface area contributed by atoms with Gasteiger partial charge in [0.2, 0.25) is 5.28 Å². The molecule has 1 aromatic carbocycles. The van der Waals surface area contributed by atoms with Crippen molar-refractivity contribution in [1.82, 2.24) is 20.2 Å². The quantitative estimate of drug-likeness (QED) is 0.577. The summed E-state index contributed by atoms with van der Waals surface area (Å²) in [6.07, 6.45) is 1.67. The van der Waals surface area contributed by atoms with E-state index in [0.717, 1.165) is 15.3 Å². The lowest BCUT2D eigenvalue weighted by Crippen LogP contribution is -1.88. The molecule has 0 atom stereocenters. The first-order valence-electron chi connectivity index (χ1n) is 5.03. The number of rotatable bonds is 2. The lowest BCUT2D eigenvalue weighted by molar-refractivity contribution is 1.07. The van der Waals surface area contributed by atoms with E-state index < -0.39 is 0 Å². The van der Waals surface area contributed by atoms with Gasteiger partial charge in [0.1, 0.15) is 5.03 Å². The van der Waals surface area contributed by atoms with Crippen LogP contribution in [0.5, 0.6) is 0 Å². The van der Waals surface area contributed by atoms with Crippen LogP contribution in [0.3, 0.4) is 0 Å². The zero-order chi connectivity index (χ0) is 12.5. The molecule has 0 amide bonds. The summed E-state index contributed by atoms with van der Waals surface area (Å²) in [7, 11) is 0. The molecule has 0 bridgehead atoms. The molecule has 0 aliphatic rings. The number of H-pyrrole nitrogens is 1. The number of aromatic nitrogens is 4. The van der Waals surface area contributed by atoms with Crippen LogP contribution in [0.15, 0.2) is 40.4 Å². The minimum absolute atomic E-state index is 0.182. The molecule has 0 fully saturated rings. The van der Waals surface area contributed by atoms with Crippen LogP contribution in [0.2, 0.25) is 10.3 Å². The number of nitrogens with one attached hydrogen (secondary N) is 1. The van der Waals surface area contributed by atoms with Crippen molar-refractivity contribution >= 4 is 46.0 Å². The Bertz CT molecular complexity index is 713. The van der Waals surface area contributed by atoms with Crippen LogP contribution >= 0.6 is 35.0 Å². The number of benzene rings is 1. The third-order valence-electron chi connectivity index (χ3n) is 2.29. The monoisotopic (exact) mass is 296 g/mol. The smallest absolute Gasteiger partial charge is 0.225 e. The van der Waals surface area contributed by atoms with E-state index >= 15 is 0 Å². The molecule has 4 nitrogen and oxygen atoms in total. The van der Waals surface area contributed by atoms with Crippen molar-refractivity contribution in [3.8, 4) is 0 Å². The Morgan fingerprint density at radius 2 is 1.94 bits per heavy atom. The summed E-state index contributed by atoms with van der Waals surface area (Å²) < 4.78 is 0. The first-order chi connectivity index (χ1) is 8.74. The molecule has 0 saturated carbocycles. The number of aromatic amines is 1. The molecule has 0 unspecified atom stereocenters. The van der Waals surface area contributed by atoms with Crippen LogP contribution in [0.4, 0.5) is 0 Å². The highest BCUT2D eigenvalue weighted by atomic mass is 35.5. The fourth-order valence-corrected chi connectivity index (χ4v) is 2.87. The Morgan fingerprint density at radius 3 is 2.78 bits per heavy atom. The van der Waals surface area contributed by atoms with Gasteiger partial charge in [-0.25, -0.2) is 4.98 Å². The summed E-state index contributed by atoms with van der Waals surface area (Å²) in [6.45, 7) is 0. The van der Waals surface area contributed by atoms with E-state index in [2.05, 4.69) is 20.2 Å². The second-order valence-corrected chi connectivity index (χ2v) is 5.24. The summed E-state index contributed by atoms with van der Waals surface area (Å²) in [6, 6.07) is 7.56. The standard InChI is InChI=1S/C11H6Cl2N4S/c12-7-3-1-2-4-8(7)18-10-6-5-14-17-9(6)15-11(13)16-10/h1-5H,(H,14,15,16,17). The molecular weight excluding hydrogens is 291 g/mol. The molecule has 3 rings (SSSR count). The van der Waals surface area contributed by atoms with Crippen LogP contribution in [-0.2, 0) is 0 Å². The lowest BCUT2D eigenvalue weighted by atomic mass is 10.4. The average molecular weight is 297 g/mol. The summed E-state index contributed by atoms with van der Waals surface area (Å²) >= 11 is 13.4. The van der Waals surface area contributed by atoms with Crippen molar-refractivity contribution in [1.29, 1.82) is 0 Å². The van der Waals surface area contributed by atoms with Crippen LogP contribution in [0.25, 0.3) is 11.0 Å². The van der Waals surface area contributed by atoms with E-state index in [-0.39, 0.29) is 5.28 Å². The Labute approximate surface area is 117 Å². The van der Waals surface area contributed by atoms with E-state index in [9.17, 15) is 0 Å². The molecule has 0 aliphatic heterocycles. The van der Waals surface area contributed by atoms with Crippen LogP contribution in [-0.4, -0.2) is 20.2 Å². The van der Waals surface area contributed by atoms with Crippen LogP contribution in [0.1, 0.15) is 0 Å². The van der Waals surface area contributed by atoms with Gasteiger partial charge in [0, 0.05) is 4.90 Å². The van der Waals surface area contributed by atoms with Crippen molar-refractivity contribution < 1.29 is 0 Å². The molecule has 1 N–H and O–H groups in total. The summed E-state index contributed by atoms with van der Waals surface area (Å²) in [5.41, 5.74) is 0.615. The van der Waals surface area contributed by atoms with Crippen LogP contribution in [0, 0.1) is 0 Å². The molecule has 0 spiro atoms. The Morgan fingerprint density at radius 1 is 1.11 bits per heavy atom. The van der Waals surface area contributed by atoms with Crippen molar-refractivity contribution in [2.45, 2.75) is 9.92 Å². The number of nitrogens with zero attached hydrogens (tertiary/aromatic N) is 3. The molecule has 18 heavy (non-hydrogen) atoms. The predicted octanol–water partition coefficient (Wildman–Crippen LogP) is 3.81. The molecule has 2 aromatic heterocycles. The summed E-state index contributed by atoms with van der Waals surface area (Å²) in [5, 5.41) is 9.11. The summed E-state index contributed by atoms with van der Waals surface area (Å²) in [5.74, 6) is 0. The zero-order valence-corrected chi connectivity index (χ0v) is 11.2. The molecule has 2 heterocycles. The second-order valence-electron chi connectivity index (χ2n) is 3.46. The van der Waals surface area contributed by atoms with Gasteiger partial charge in [0.15, 0.2) is 5.65 Å². The highest BCUT2D eigenvalue weighted by molar-refractivity contribution is 7.99. The second kappa shape index (κ2) is 4.76. The number of halogens is 2. The topological polar surface area (TPSA) is 54.5 Å². The fraction of sp³-hybridized carbons (Fsp3) is 0. The van der Waals surface area contributed by atoms with E-state index in [4.69, 9.17) is 23.2 Å². The van der Waals surface area contributed by atoms with Crippen molar-refractivity contribution in [3.05, 3.63) is 40.8 Å². The maximum Gasteiger partial charge on any atom is 0.225 e. The molecule has 0 radical (unpaired) electrons. The number of hydrogen-bond donors (Lipinski definition) is 1. The lowest BCUT2D eigenvalue weighted by Gasteiger charge is -2.04. The Kier molecular flexibility index (Phi) is 3.11. The first-order valence-corrected chi connectivity index (χ1v) is 6.60. The van der Waals surface area contributed by atoms with E-state index in [1.165, 1.54) is 11.8 Å². The third-order valence-corrected chi connectivity index (χ3v) is 3.98. The summed E-state index contributed by atoms with van der Waals surface area (Å²) in [4.78, 5) is 9.17. The van der Waals surface area contributed by atoms with E-state index in [1.54, 1.807) is 6.20 Å². The Balaban J connectivity index is 2.10. The normalized spacial score (nSPS) is 11.0. The van der Waals surface area contributed by atoms with Crippen molar-refractivity contribution in [2.75, 3.05) is 0 Å². The number of hydrogen-bond acceptors (Lipinski definition) is 4. The first kappa shape index (κ1) is 11.8. The maximum absolute atomic E-state index is 6.12. The van der Waals surface area contributed by atoms with Gasteiger partial charge in [-0.1, -0.05) is 35.5 Å². The minimum atomic E-state index is 0.182. The third kappa shape index (κ3) is 2.16. The van der Waals surface area contributed by atoms with Crippen molar-refractivity contribution in [3.63, 3.8) is 0 Å². The van der Waals surface area contributed by atoms with Gasteiger partial charge in [0.25, 0.3) is 0 Å². The minimum Gasteiger partial charge on any atom is -0.261 e. The van der Waals surface area contributed by atoms with E-state index in [0.29, 0.717) is 10.7 Å². The number of fused-ring (bicyclic) bond motifs is 1. The largest absolute Gasteiger partial charge is 0.261 e. The fourth-order valence-electron chi connectivity index (χ4n) is 1.49. The van der Waals surface area contributed by atoms with Gasteiger partial charge < -0.3 is 0 Å². The average Bonchev–Trinajstić information content (AvgIpc) is 2.80. The maximum atomic E-state index is 6.12. The molecule has 3 aromatic rings. The van der Waals surface area contributed by atoms with E-state index in [1.807, 2.05) is 24.3 Å². The SMILES string of the molecule is Clc1nc(Sc2ccccc2Cl)c2cn[nH]c2n1.